The second-order valence-electron chi connectivity index (χ2n) is 8.63. The van der Waals surface area contributed by atoms with Gasteiger partial charge >= 0.3 is 5.97 Å². The normalized spacial score (nSPS) is 30.6. The number of hydrogen-bond acceptors (Lipinski definition) is 4. The number of hydrogen-bond donors (Lipinski definition) is 2. The highest BCUT2D eigenvalue weighted by atomic mass is 16.5. The highest BCUT2D eigenvalue weighted by Gasteiger charge is 2.52. The molecule has 0 aromatic rings. The van der Waals surface area contributed by atoms with E-state index in [4.69, 9.17) is 4.74 Å². The van der Waals surface area contributed by atoms with Crippen LogP contribution in [0.1, 0.15) is 66.2 Å². The first-order chi connectivity index (χ1) is 13.2. The first kappa shape index (κ1) is 22.5. The molecule has 0 bridgehead atoms. The van der Waals surface area contributed by atoms with E-state index in [0.29, 0.717) is 12.0 Å². The van der Waals surface area contributed by atoms with Crippen LogP contribution in [0.25, 0.3) is 0 Å². The zero-order valence-electron chi connectivity index (χ0n) is 18.0. The van der Waals surface area contributed by atoms with Gasteiger partial charge in [-0.3, -0.25) is 0 Å². The molecule has 156 valence electrons. The number of esters is 1. The first-order valence-electron chi connectivity index (χ1n) is 10.4. The molecule has 2 aliphatic carbocycles. The van der Waals surface area contributed by atoms with Crippen molar-refractivity contribution in [3.8, 4) is 0 Å². The van der Waals surface area contributed by atoms with Crippen molar-refractivity contribution >= 4 is 5.97 Å². The summed E-state index contributed by atoms with van der Waals surface area (Å²) in [5.74, 6) is -0.375. The first-order valence-corrected chi connectivity index (χ1v) is 10.4. The summed E-state index contributed by atoms with van der Waals surface area (Å²) in [7, 11) is 1.34. The van der Waals surface area contributed by atoms with Crippen LogP contribution in [0.3, 0.4) is 0 Å². The lowest BCUT2D eigenvalue weighted by Crippen LogP contribution is -2.48. The van der Waals surface area contributed by atoms with Gasteiger partial charge in [-0.2, -0.15) is 0 Å². The minimum Gasteiger partial charge on any atom is -0.512 e. The van der Waals surface area contributed by atoms with Gasteiger partial charge in [-0.25, -0.2) is 4.79 Å². The van der Waals surface area contributed by atoms with Crippen molar-refractivity contribution in [3.63, 3.8) is 0 Å². The minimum atomic E-state index is -1.13. The van der Waals surface area contributed by atoms with Crippen molar-refractivity contribution < 1.29 is 19.7 Å². The predicted molar refractivity (Wildman–Crippen MR) is 113 cm³/mol. The Labute approximate surface area is 169 Å². The summed E-state index contributed by atoms with van der Waals surface area (Å²) in [6, 6.07) is 0. The summed E-state index contributed by atoms with van der Waals surface area (Å²) in [5.41, 5.74) is 2.25. The number of aliphatic hydroxyl groups excluding tert-OH is 2. The summed E-state index contributed by atoms with van der Waals surface area (Å²) < 4.78 is 5.01. The number of carbonyl (C=O) groups is 1. The molecule has 2 rings (SSSR count). The Morgan fingerprint density at radius 3 is 2.64 bits per heavy atom. The van der Waals surface area contributed by atoms with Crippen LogP contribution >= 0.6 is 0 Å². The molecule has 2 aliphatic rings. The fraction of sp³-hybridized carbons (Fsp3) is 0.625. The van der Waals surface area contributed by atoms with Gasteiger partial charge in [-0.05, 0) is 69.9 Å². The van der Waals surface area contributed by atoms with Gasteiger partial charge in [0.2, 0.25) is 0 Å². The number of carbonyl (C=O) groups excluding carboxylic acids is 1. The van der Waals surface area contributed by atoms with Gasteiger partial charge in [-0.1, -0.05) is 43.6 Å². The summed E-state index contributed by atoms with van der Waals surface area (Å²) in [4.78, 5) is 12.6. The Balaban J connectivity index is 2.54. The summed E-state index contributed by atoms with van der Waals surface area (Å²) in [6.07, 6.45) is 8.25. The Morgan fingerprint density at radius 2 is 2.07 bits per heavy atom. The third-order valence-corrected chi connectivity index (χ3v) is 6.58. The zero-order valence-corrected chi connectivity index (χ0v) is 18.0. The molecule has 0 heterocycles. The molecule has 0 saturated carbocycles. The average Bonchev–Trinajstić information content (AvgIpc) is 2.65. The Kier molecular flexibility index (Phi) is 7.33. The quantitative estimate of drug-likeness (QED) is 0.348. The van der Waals surface area contributed by atoms with Crippen LogP contribution in [0.4, 0.5) is 0 Å². The molecular weight excluding hydrogens is 352 g/mol. The molecular formula is C24H36O4. The number of ether oxygens (including phenoxy) is 1. The van der Waals surface area contributed by atoms with Gasteiger partial charge in [-0.15, -0.1) is 0 Å². The Hall–Kier alpha value is -1.81. The largest absolute Gasteiger partial charge is 0.512 e. The molecule has 0 radical (unpaired) electrons. The van der Waals surface area contributed by atoms with Crippen molar-refractivity contribution in [3.05, 3.63) is 46.8 Å². The standard InChI is InChI=1S/C24H36O4/c1-7-8-9-10-17-14-20(25)24(5,22(26)21(17)23(27)28-6)19-13-16(4)11-12-18(19)15(2)3/h13-14,18-19,22,25-26H,2,7-12H2,1,3-6H3/t18-,19+,22?,24?/m0/s1. The second-order valence-corrected chi connectivity index (χ2v) is 8.63. The molecule has 2 N–H and O–H groups in total. The monoisotopic (exact) mass is 388 g/mol. The fourth-order valence-electron chi connectivity index (χ4n) is 4.70. The van der Waals surface area contributed by atoms with Gasteiger partial charge in [0.15, 0.2) is 0 Å². The van der Waals surface area contributed by atoms with Gasteiger partial charge in [0.1, 0.15) is 5.76 Å². The van der Waals surface area contributed by atoms with E-state index in [9.17, 15) is 15.0 Å². The zero-order chi connectivity index (χ0) is 21.1. The molecule has 4 heteroatoms. The van der Waals surface area contributed by atoms with E-state index in [1.54, 1.807) is 6.08 Å². The van der Waals surface area contributed by atoms with Crippen LogP contribution in [-0.2, 0) is 9.53 Å². The molecule has 0 saturated heterocycles. The molecule has 4 atom stereocenters. The van der Waals surface area contributed by atoms with Crippen LogP contribution in [0.5, 0.6) is 0 Å². The van der Waals surface area contributed by atoms with Crippen LogP contribution < -0.4 is 0 Å². The average molecular weight is 389 g/mol. The summed E-state index contributed by atoms with van der Waals surface area (Å²) in [6.45, 7) is 12.2. The second kappa shape index (κ2) is 9.13. The molecule has 2 unspecified atom stereocenters. The molecule has 28 heavy (non-hydrogen) atoms. The van der Waals surface area contributed by atoms with E-state index in [0.717, 1.165) is 37.7 Å². The number of unbranched alkanes of at least 4 members (excludes halogenated alkanes) is 2. The highest BCUT2D eigenvalue weighted by molar-refractivity contribution is 5.92. The number of aliphatic hydroxyl groups is 2. The topological polar surface area (TPSA) is 66.8 Å². The number of allylic oxidation sites excluding steroid dienone is 5. The smallest absolute Gasteiger partial charge is 0.336 e. The third kappa shape index (κ3) is 4.12. The summed E-state index contributed by atoms with van der Waals surface area (Å²) in [5, 5.41) is 22.5. The van der Waals surface area contributed by atoms with Crippen LogP contribution in [0.2, 0.25) is 0 Å². The van der Waals surface area contributed by atoms with Crippen molar-refractivity contribution in [1.82, 2.24) is 0 Å². The van der Waals surface area contributed by atoms with Crippen LogP contribution in [0, 0.1) is 17.3 Å². The van der Waals surface area contributed by atoms with Crippen LogP contribution in [-0.4, -0.2) is 29.4 Å². The van der Waals surface area contributed by atoms with Crippen LogP contribution in [0.15, 0.2) is 46.8 Å². The molecule has 0 aliphatic heterocycles. The third-order valence-electron chi connectivity index (χ3n) is 6.58. The van der Waals surface area contributed by atoms with E-state index in [1.807, 2.05) is 13.8 Å². The molecule has 4 nitrogen and oxygen atoms in total. The molecule has 0 spiro atoms. The number of rotatable bonds is 7. The van der Waals surface area contributed by atoms with Crippen molar-refractivity contribution in [2.75, 3.05) is 7.11 Å². The molecule has 0 aromatic heterocycles. The van der Waals surface area contributed by atoms with Crippen molar-refractivity contribution in [2.24, 2.45) is 17.3 Å². The van der Waals surface area contributed by atoms with Gasteiger partial charge in [0.05, 0.1) is 24.2 Å². The molecule has 0 amide bonds. The maximum atomic E-state index is 12.6. The minimum absolute atomic E-state index is 0.137. The predicted octanol–water partition coefficient (Wildman–Crippen LogP) is 5.41. The van der Waals surface area contributed by atoms with E-state index in [-0.39, 0.29) is 23.2 Å². The molecule has 0 aromatic carbocycles. The van der Waals surface area contributed by atoms with E-state index < -0.39 is 17.5 Å². The van der Waals surface area contributed by atoms with E-state index in [2.05, 4.69) is 26.5 Å². The Bertz CT molecular complexity index is 712. The van der Waals surface area contributed by atoms with E-state index in [1.165, 1.54) is 12.7 Å². The van der Waals surface area contributed by atoms with Gasteiger partial charge < -0.3 is 14.9 Å². The van der Waals surface area contributed by atoms with Gasteiger partial charge in [0, 0.05) is 0 Å². The SMILES string of the molecule is C=C(C)[C@@H]1CCC(C)=C[C@H]1C1(C)C(O)=CC(CCCCC)=C(C(=O)OC)C1O. The maximum Gasteiger partial charge on any atom is 0.336 e. The van der Waals surface area contributed by atoms with E-state index >= 15 is 0 Å². The lowest BCUT2D eigenvalue weighted by molar-refractivity contribution is -0.138. The van der Waals surface area contributed by atoms with Crippen molar-refractivity contribution in [2.45, 2.75) is 72.3 Å². The lowest BCUT2D eigenvalue weighted by atomic mass is 9.58. The van der Waals surface area contributed by atoms with Gasteiger partial charge in [0.25, 0.3) is 0 Å². The number of methoxy groups -OCH3 is 1. The Morgan fingerprint density at radius 1 is 1.39 bits per heavy atom. The lowest BCUT2D eigenvalue weighted by Gasteiger charge is -2.47. The highest BCUT2D eigenvalue weighted by Crippen LogP contribution is 2.52. The maximum absolute atomic E-state index is 12.6. The fourth-order valence-corrected chi connectivity index (χ4v) is 4.70. The summed E-state index contributed by atoms with van der Waals surface area (Å²) >= 11 is 0. The molecule has 0 fully saturated rings. The van der Waals surface area contributed by atoms with Crippen molar-refractivity contribution in [1.29, 1.82) is 0 Å².